The number of hydrogen-bond acceptors (Lipinski definition) is 4. The zero-order chi connectivity index (χ0) is 14.4. The van der Waals surface area contributed by atoms with Crippen LogP contribution in [0.15, 0.2) is 36.4 Å². The second-order valence-corrected chi connectivity index (χ2v) is 5.34. The van der Waals surface area contributed by atoms with Crippen molar-refractivity contribution in [3.8, 4) is 0 Å². The zero-order valence-electron chi connectivity index (χ0n) is 12.1. The Labute approximate surface area is 119 Å². The van der Waals surface area contributed by atoms with E-state index in [9.17, 15) is 5.11 Å². The third-order valence-electron chi connectivity index (χ3n) is 3.31. The van der Waals surface area contributed by atoms with Gasteiger partial charge >= 0.3 is 0 Å². The number of nitrogens with zero attached hydrogens (tertiary/aromatic N) is 1. The average molecular weight is 274 g/mol. The molecule has 0 fully saturated rings. The van der Waals surface area contributed by atoms with Crippen LogP contribution in [0.5, 0.6) is 0 Å². The number of aliphatic hydroxyl groups is 1. The van der Waals surface area contributed by atoms with Crippen molar-refractivity contribution in [2.75, 3.05) is 20.3 Å². The number of aromatic nitrogens is 1. The topological polar surface area (TPSA) is 54.4 Å². The lowest BCUT2D eigenvalue weighted by Gasteiger charge is -2.23. The third kappa shape index (κ3) is 4.27. The highest BCUT2D eigenvalue weighted by atomic mass is 16.5. The van der Waals surface area contributed by atoms with Crippen molar-refractivity contribution in [2.45, 2.75) is 25.5 Å². The lowest BCUT2D eigenvalue weighted by Crippen LogP contribution is -2.38. The standard InChI is InChI=1S/C16H22N2O2/c1-16(19,9-10-20-2)12-17-11-14-8-7-13-5-3-4-6-15(13)18-14/h3-8,17,19H,9-12H2,1-2H3. The number of nitrogens with one attached hydrogen (secondary N) is 1. The van der Waals surface area contributed by atoms with Gasteiger partial charge in [-0.15, -0.1) is 0 Å². The van der Waals surface area contributed by atoms with E-state index in [1.165, 1.54) is 0 Å². The molecule has 0 amide bonds. The fourth-order valence-corrected chi connectivity index (χ4v) is 2.08. The van der Waals surface area contributed by atoms with Crippen molar-refractivity contribution in [1.29, 1.82) is 0 Å². The van der Waals surface area contributed by atoms with E-state index in [4.69, 9.17) is 4.74 Å². The van der Waals surface area contributed by atoms with Crippen molar-refractivity contribution < 1.29 is 9.84 Å². The predicted octanol–water partition coefficient (Wildman–Crippen LogP) is 2.11. The van der Waals surface area contributed by atoms with E-state index in [0.717, 1.165) is 16.6 Å². The first-order valence-corrected chi connectivity index (χ1v) is 6.87. The number of benzene rings is 1. The summed E-state index contributed by atoms with van der Waals surface area (Å²) in [6, 6.07) is 12.1. The van der Waals surface area contributed by atoms with Gasteiger partial charge in [-0.3, -0.25) is 4.98 Å². The van der Waals surface area contributed by atoms with Crippen molar-refractivity contribution >= 4 is 10.9 Å². The largest absolute Gasteiger partial charge is 0.389 e. The molecular weight excluding hydrogens is 252 g/mol. The highest BCUT2D eigenvalue weighted by Gasteiger charge is 2.19. The molecule has 1 atom stereocenters. The normalized spacial score (nSPS) is 14.3. The summed E-state index contributed by atoms with van der Waals surface area (Å²) in [6.07, 6.45) is 0.613. The van der Waals surface area contributed by atoms with Crippen LogP contribution in [0.25, 0.3) is 10.9 Å². The molecule has 108 valence electrons. The summed E-state index contributed by atoms with van der Waals surface area (Å²) in [5, 5.41) is 14.5. The minimum atomic E-state index is -0.757. The van der Waals surface area contributed by atoms with Crippen LogP contribution in [0.1, 0.15) is 19.0 Å². The Bertz CT molecular complexity index is 555. The fraction of sp³-hybridized carbons (Fsp3) is 0.438. The number of methoxy groups -OCH3 is 1. The van der Waals surface area contributed by atoms with Crippen LogP contribution in [0.2, 0.25) is 0 Å². The quantitative estimate of drug-likeness (QED) is 0.812. The van der Waals surface area contributed by atoms with Gasteiger partial charge in [0.15, 0.2) is 0 Å². The smallest absolute Gasteiger partial charge is 0.0765 e. The molecule has 1 heterocycles. The van der Waals surface area contributed by atoms with E-state index in [1.807, 2.05) is 31.2 Å². The number of rotatable bonds is 7. The highest BCUT2D eigenvalue weighted by molar-refractivity contribution is 5.78. The summed E-state index contributed by atoms with van der Waals surface area (Å²) in [6.45, 7) is 3.54. The number of ether oxygens (including phenoxy) is 1. The van der Waals surface area contributed by atoms with Crippen LogP contribution in [0.3, 0.4) is 0 Å². The van der Waals surface area contributed by atoms with Gasteiger partial charge in [-0.05, 0) is 19.1 Å². The highest BCUT2D eigenvalue weighted by Crippen LogP contribution is 2.12. The molecule has 2 N–H and O–H groups in total. The molecule has 0 bridgehead atoms. The Morgan fingerprint density at radius 3 is 2.85 bits per heavy atom. The summed E-state index contributed by atoms with van der Waals surface area (Å²) in [5.74, 6) is 0. The average Bonchev–Trinajstić information content (AvgIpc) is 2.45. The fourth-order valence-electron chi connectivity index (χ4n) is 2.08. The van der Waals surface area contributed by atoms with Gasteiger partial charge < -0.3 is 15.2 Å². The monoisotopic (exact) mass is 274 g/mol. The number of para-hydroxylation sites is 1. The maximum Gasteiger partial charge on any atom is 0.0765 e. The Kier molecular flexibility index (Phi) is 5.06. The molecule has 2 aromatic rings. The number of hydrogen-bond donors (Lipinski definition) is 2. The first kappa shape index (κ1) is 14.9. The van der Waals surface area contributed by atoms with Gasteiger partial charge in [-0.2, -0.15) is 0 Å². The van der Waals surface area contributed by atoms with Crippen molar-refractivity contribution in [3.05, 3.63) is 42.1 Å². The van der Waals surface area contributed by atoms with E-state index in [-0.39, 0.29) is 0 Å². The summed E-state index contributed by atoms with van der Waals surface area (Å²) in [5.41, 5.74) is 1.22. The van der Waals surface area contributed by atoms with E-state index in [1.54, 1.807) is 7.11 Å². The molecule has 0 aliphatic carbocycles. The molecule has 0 aliphatic rings. The molecule has 0 aliphatic heterocycles. The number of fused-ring (bicyclic) bond motifs is 1. The van der Waals surface area contributed by atoms with Gasteiger partial charge in [0, 0.05) is 38.6 Å². The minimum absolute atomic E-state index is 0.519. The molecule has 2 rings (SSSR count). The molecule has 1 aromatic heterocycles. The SMILES string of the molecule is COCCC(C)(O)CNCc1ccc2ccccc2n1. The lowest BCUT2D eigenvalue weighted by molar-refractivity contribution is 0.0247. The van der Waals surface area contributed by atoms with E-state index >= 15 is 0 Å². The van der Waals surface area contributed by atoms with Gasteiger partial charge in [0.1, 0.15) is 0 Å². The van der Waals surface area contributed by atoms with E-state index < -0.39 is 5.60 Å². The minimum Gasteiger partial charge on any atom is -0.389 e. The molecule has 0 saturated heterocycles. The number of pyridine rings is 1. The molecule has 0 radical (unpaired) electrons. The summed E-state index contributed by atoms with van der Waals surface area (Å²) < 4.78 is 4.99. The Hall–Kier alpha value is -1.49. The first-order valence-electron chi connectivity index (χ1n) is 6.87. The van der Waals surface area contributed by atoms with Crippen molar-refractivity contribution in [3.63, 3.8) is 0 Å². The molecule has 4 heteroatoms. The molecule has 4 nitrogen and oxygen atoms in total. The summed E-state index contributed by atoms with van der Waals surface area (Å²) in [4.78, 5) is 4.59. The second-order valence-electron chi connectivity index (χ2n) is 5.34. The van der Waals surface area contributed by atoms with Gasteiger partial charge in [0.2, 0.25) is 0 Å². The molecule has 1 aromatic carbocycles. The Morgan fingerprint density at radius 1 is 1.25 bits per heavy atom. The zero-order valence-corrected chi connectivity index (χ0v) is 12.1. The molecule has 1 unspecified atom stereocenters. The van der Waals surface area contributed by atoms with Crippen molar-refractivity contribution in [2.24, 2.45) is 0 Å². The predicted molar refractivity (Wildman–Crippen MR) is 80.6 cm³/mol. The molecular formula is C16H22N2O2. The van der Waals surface area contributed by atoms with Crippen LogP contribution in [0.4, 0.5) is 0 Å². The maximum atomic E-state index is 10.1. The van der Waals surface area contributed by atoms with Crippen LogP contribution in [-0.2, 0) is 11.3 Å². The Balaban J connectivity index is 1.89. The molecule has 0 spiro atoms. The van der Waals surface area contributed by atoms with Gasteiger partial charge in [-0.1, -0.05) is 24.3 Å². The first-order chi connectivity index (χ1) is 9.61. The van der Waals surface area contributed by atoms with Gasteiger partial charge in [0.05, 0.1) is 16.8 Å². The lowest BCUT2D eigenvalue weighted by atomic mass is 10.0. The molecule has 0 saturated carbocycles. The summed E-state index contributed by atoms with van der Waals surface area (Å²) in [7, 11) is 1.64. The maximum absolute atomic E-state index is 10.1. The van der Waals surface area contributed by atoms with Crippen LogP contribution in [-0.4, -0.2) is 36.0 Å². The Morgan fingerprint density at radius 2 is 2.05 bits per heavy atom. The summed E-state index contributed by atoms with van der Waals surface area (Å²) >= 11 is 0. The third-order valence-corrected chi connectivity index (χ3v) is 3.31. The second kappa shape index (κ2) is 6.79. The van der Waals surface area contributed by atoms with Crippen LogP contribution >= 0.6 is 0 Å². The van der Waals surface area contributed by atoms with Crippen LogP contribution in [0, 0.1) is 0 Å². The van der Waals surface area contributed by atoms with E-state index in [2.05, 4.69) is 22.4 Å². The van der Waals surface area contributed by atoms with Crippen LogP contribution < -0.4 is 5.32 Å². The van der Waals surface area contributed by atoms with Gasteiger partial charge in [0.25, 0.3) is 0 Å². The molecule has 20 heavy (non-hydrogen) atoms. The van der Waals surface area contributed by atoms with E-state index in [0.29, 0.717) is 26.1 Å². The van der Waals surface area contributed by atoms with Gasteiger partial charge in [-0.25, -0.2) is 0 Å². The van der Waals surface area contributed by atoms with Crippen molar-refractivity contribution in [1.82, 2.24) is 10.3 Å².